The maximum Gasteiger partial charge on any atom is 0.311 e. The van der Waals surface area contributed by atoms with E-state index in [1.807, 2.05) is 6.07 Å². The van der Waals surface area contributed by atoms with Crippen molar-refractivity contribution in [3.8, 4) is 11.8 Å². The van der Waals surface area contributed by atoms with Crippen LogP contribution in [-0.2, 0) is 9.53 Å². The van der Waals surface area contributed by atoms with Crippen molar-refractivity contribution in [2.45, 2.75) is 19.8 Å². The minimum Gasteiger partial charge on any atom is -0.425 e. The van der Waals surface area contributed by atoms with Gasteiger partial charge in [-0.2, -0.15) is 5.26 Å². The van der Waals surface area contributed by atoms with Gasteiger partial charge in [0.05, 0.1) is 18.8 Å². The average Bonchev–Trinajstić information content (AvgIpc) is 2.45. The van der Waals surface area contributed by atoms with E-state index in [0.29, 0.717) is 24.2 Å². The first kappa shape index (κ1) is 15.5. The number of carbonyl (C=O) groups excluding carboxylic acids is 1. The van der Waals surface area contributed by atoms with E-state index < -0.39 is 0 Å². The fourth-order valence-electron chi connectivity index (χ4n) is 2.12. The summed E-state index contributed by atoms with van der Waals surface area (Å²) in [5.74, 6) is 0.0229. The highest BCUT2D eigenvalue weighted by Crippen LogP contribution is 2.25. The summed E-state index contributed by atoms with van der Waals surface area (Å²) in [7, 11) is 0. The van der Waals surface area contributed by atoms with E-state index in [1.165, 1.54) is 0 Å². The molecule has 1 aliphatic heterocycles. The molecule has 0 spiro atoms. The average molecular weight is 288 g/mol. The maximum absolute atomic E-state index is 11.7. The summed E-state index contributed by atoms with van der Waals surface area (Å²) < 4.78 is 10.4. The highest BCUT2D eigenvalue weighted by Gasteiger charge is 2.32. The molecule has 5 nitrogen and oxygen atoms in total. The lowest BCUT2D eigenvalue weighted by atomic mass is 9.89. The van der Waals surface area contributed by atoms with Gasteiger partial charge >= 0.3 is 5.97 Å². The molecule has 0 unspecified atom stereocenters. The van der Waals surface area contributed by atoms with Gasteiger partial charge in [0.15, 0.2) is 0 Å². The van der Waals surface area contributed by atoms with E-state index in [0.717, 1.165) is 26.3 Å². The third-order valence-corrected chi connectivity index (χ3v) is 3.42. The Balaban J connectivity index is 1.64. The molecule has 0 aromatic heterocycles. The molecule has 1 aromatic rings. The molecule has 1 aliphatic rings. The summed E-state index contributed by atoms with van der Waals surface area (Å²) in [5, 5.41) is 12.3. The molecule has 1 heterocycles. The number of carbonyl (C=O) groups is 1. The maximum atomic E-state index is 11.7. The molecule has 0 aliphatic carbocycles. The fraction of sp³-hybridized carbons (Fsp3) is 0.500. The van der Waals surface area contributed by atoms with E-state index in [4.69, 9.17) is 14.7 Å². The highest BCUT2D eigenvalue weighted by atomic mass is 16.5. The number of rotatable bonds is 7. The molecular formula is C16H20N2O3. The number of para-hydroxylation sites is 1. The first-order chi connectivity index (χ1) is 10.1. The Kier molecular flexibility index (Phi) is 5.32. The molecule has 5 heteroatoms. The van der Waals surface area contributed by atoms with E-state index >= 15 is 0 Å². The van der Waals surface area contributed by atoms with Crippen molar-refractivity contribution in [1.82, 2.24) is 5.32 Å². The summed E-state index contributed by atoms with van der Waals surface area (Å²) in [6.07, 6.45) is 1.05. The van der Waals surface area contributed by atoms with Crippen LogP contribution in [0.3, 0.4) is 0 Å². The molecule has 1 aromatic carbocycles. The standard InChI is InChI=1S/C16H20N2O3/c1-16(11-20-12-16)10-18-8-4-7-15(19)21-14-6-3-2-5-13(14)9-17/h2-3,5-6,18H,4,7-8,10-12H2,1H3. The monoisotopic (exact) mass is 288 g/mol. The van der Waals surface area contributed by atoms with E-state index in [2.05, 4.69) is 12.2 Å². The van der Waals surface area contributed by atoms with Crippen LogP contribution in [0.2, 0.25) is 0 Å². The SMILES string of the molecule is CC1(CNCCCC(=O)Oc2ccccc2C#N)COC1. The molecule has 2 rings (SSSR count). The second-order valence-electron chi connectivity index (χ2n) is 5.67. The molecule has 112 valence electrons. The van der Waals surface area contributed by atoms with Crippen molar-refractivity contribution in [1.29, 1.82) is 5.26 Å². The number of hydrogen-bond donors (Lipinski definition) is 1. The molecule has 0 bridgehead atoms. The van der Waals surface area contributed by atoms with Crippen LogP contribution in [0.25, 0.3) is 0 Å². The normalized spacial score (nSPS) is 15.8. The minimum atomic E-state index is -0.308. The number of benzene rings is 1. The molecule has 1 saturated heterocycles. The van der Waals surface area contributed by atoms with Gasteiger partial charge in [0.2, 0.25) is 0 Å². The van der Waals surface area contributed by atoms with Gasteiger partial charge in [-0.15, -0.1) is 0 Å². The molecule has 1 fully saturated rings. The predicted octanol–water partition coefficient (Wildman–Crippen LogP) is 1.87. The number of nitriles is 1. The summed E-state index contributed by atoms with van der Waals surface area (Å²) in [6, 6.07) is 8.75. The van der Waals surface area contributed by atoms with Crippen LogP contribution < -0.4 is 10.1 Å². The zero-order valence-electron chi connectivity index (χ0n) is 12.2. The van der Waals surface area contributed by atoms with Crippen LogP contribution in [0, 0.1) is 16.7 Å². The number of nitrogens with zero attached hydrogens (tertiary/aromatic N) is 1. The van der Waals surface area contributed by atoms with Crippen molar-refractivity contribution in [3.63, 3.8) is 0 Å². The Hall–Kier alpha value is -1.90. The quantitative estimate of drug-likeness (QED) is 0.471. The van der Waals surface area contributed by atoms with Gasteiger partial charge in [-0.3, -0.25) is 4.79 Å². The third kappa shape index (κ3) is 4.55. The number of hydrogen-bond acceptors (Lipinski definition) is 5. The molecular weight excluding hydrogens is 268 g/mol. The van der Waals surface area contributed by atoms with E-state index in [-0.39, 0.29) is 11.4 Å². The first-order valence-corrected chi connectivity index (χ1v) is 7.11. The number of ether oxygens (including phenoxy) is 2. The van der Waals surface area contributed by atoms with Crippen molar-refractivity contribution in [2.24, 2.45) is 5.41 Å². The smallest absolute Gasteiger partial charge is 0.311 e. The lowest BCUT2D eigenvalue weighted by Crippen LogP contribution is -2.47. The zero-order valence-corrected chi connectivity index (χ0v) is 12.2. The second-order valence-corrected chi connectivity index (χ2v) is 5.67. The van der Waals surface area contributed by atoms with Crippen molar-refractivity contribution in [3.05, 3.63) is 29.8 Å². The molecule has 0 radical (unpaired) electrons. The first-order valence-electron chi connectivity index (χ1n) is 7.11. The van der Waals surface area contributed by atoms with Crippen LogP contribution in [-0.4, -0.2) is 32.3 Å². The topological polar surface area (TPSA) is 71.3 Å². The fourth-order valence-corrected chi connectivity index (χ4v) is 2.12. The summed E-state index contributed by atoms with van der Waals surface area (Å²) in [4.78, 5) is 11.7. The van der Waals surface area contributed by atoms with Crippen molar-refractivity contribution < 1.29 is 14.3 Å². The lowest BCUT2D eigenvalue weighted by molar-refractivity contribution is -0.134. The van der Waals surface area contributed by atoms with E-state index in [9.17, 15) is 4.79 Å². The van der Waals surface area contributed by atoms with Crippen LogP contribution in [0.15, 0.2) is 24.3 Å². The second kappa shape index (κ2) is 7.21. The number of esters is 1. The predicted molar refractivity (Wildman–Crippen MR) is 77.8 cm³/mol. The van der Waals surface area contributed by atoms with E-state index in [1.54, 1.807) is 24.3 Å². The zero-order chi connectivity index (χ0) is 15.1. The van der Waals surface area contributed by atoms with Crippen LogP contribution in [0.1, 0.15) is 25.3 Å². The third-order valence-electron chi connectivity index (χ3n) is 3.42. The summed E-state index contributed by atoms with van der Waals surface area (Å²) in [5.41, 5.74) is 0.619. The van der Waals surface area contributed by atoms with Crippen LogP contribution >= 0.6 is 0 Å². The van der Waals surface area contributed by atoms with Gasteiger partial charge in [0.1, 0.15) is 11.8 Å². The van der Waals surface area contributed by atoms with Gasteiger partial charge in [-0.25, -0.2) is 0 Å². The van der Waals surface area contributed by atoms with Gasteiger partial charge < -0.3 is 14.8 Å². The van der Waals surface area contributed by atoms with Crippen molar-refractivity contribution >= 4 is 5.97 Å². The Morgan fingerprint density at radius 3 is 2.90 bits per heavy atom. The van der Waals surface area contributed by atoms with Crippen LogP contribution in [0.4, 0.5) is 0 Å². The van der Waals surface area contributed by atoms with Gasteiger partial charge in [-0.05, 0) is 25.1 Å². The molecule has 0 amide bonds. The van der Waals surface area contributed by atoms with Crippen LogP contribution in [0.5, 0.6) is 5.75 Å². The Bertz CT molecular complexity index is 533. The summed E-state index contributed by atoms with van der Waals surface area (Å²) in [6.45, 7) is 5.44. The molecule has 0 atom stereocenters. The Morgan fingerprint density at radius 2 is 2.24 bits per heavy atom. The van der Waals surface area contributed by atoms with Gasteiger partial charge in [-0.1, -0.05) is 19.1 Å². The minimum absolute atomic E-state index is 0.242. The van der Waals surface area contributed by atoms with Gasteiger partial charge in [0.25, 0.3) is 0 Å². The Morgan fingerprint density at radius 1 is 1.48 bits per heavy atom. The Labute approximate surface area is 124 Å². The largest absolute Gasteiger partial charge is 0.425 e. The van der Waals surface area contributed by atoms with Gasteiger partial charge in [0, 0.05) is 18.4 Å². The van der Waals surface area contributed by atoms with Crippen molar-refractivity contribution in [2.75, 3.05) is 26.3 Å². The molecule has 1 N–H and O–H groups in total. The molecule has 21 heavy (non-hydrogen) atoms. The lowest BCUT2D eigenvalue weighted by Gasteiger charge is -2.38. The molecule has 0 saturated carbocycles. The summed E-state index contributed by atoms with van der Waals surface area (Å²) >= 11 is 0. The highest BCUT2D eigenvalue weighted by molar-refractivity contribution is 5.73. The number of nitrogens with one attached hydrogen (secondary N) is 1.